The molecule has 0 saturated carbocycles. The van der Waals surface area contributed by atoms with E-state index in [0.717, 1.165) is 11.6 Å². The minimum Gasteiger partial charge on any atom is -0.373 e. The van der Waals surface area contributed by atoms with Gasteiger partial charge in [0, 0.05) is 16.6 Å². The van der Waals surface area contributed by atoms with Crippen LogP contribution in [-0.4, -0.2) is 18.9 Å². The Hall–Kier alpha value is -2.16. The number of hydrogen-bond donors (Lipinski definition) is 2. The van der Waals surface area contributed by atoms with Gasteiger partial charge in [-0.3, -0.25) is 10.1 Å². The Morgan fingerprint density at radius 1 is 1.15 bits per heavy atom. The Balaban J connectivity index is 2.39. The molecule has 2 rings (SSSR count). The predicted molar refractivity (Wildman–Crippen MR) is 107 cm³/mol. The summed E-state index contributed by atoms with van der Waals surface area (Å²) in [5, 5.41) is 15.1. The molecule has 0 bridgehead atoms. The molecule has 0 aromatic heterocycles. The van der Waals surface area contributed by atoms with Crippen molar-refractivity contribution in [3.05, 3.63) is 63.2 Å². The Morgan fingerprint density at radius 3 is 2.33 bits per heavy atom. The average Bonchev–Trinajstić information content (AvgIpc) is 2.52. The molecule has 0 saturated heterocycles. The molecular weight excluding hydrogens is 390 g/mol. The molecule has 2 aromatic rings. The first-order valence-corrected chi connectivity index (χ1v) is 10.1. The first kappa shape index (κ1) is 21.1. The highest BCUT2D eigenvalue weighted by atomic mass is 35.5. The van der Waals surface area contributed by atoms with Crippen LogP contribution in [0, 0.1) is 10.1 Å². The minimum absolute atomic E-state index is 0.167. The van der Waals surface area contributed by atoms with Gasteiger partial charge in [0.2, 0.25) is 10.0 Å². The molecule has 0 aliphatic heterocycles. The van der Waals surface area contributed by atoms with E-state index in [1.165, 1.54) is 12.1 Å². The molecule has 2 aromatic carbocycles. The second kappa shape index (κ2) is 7.84. The fourth-order valence-electron chi connectivity index (χ4n) is 2.55. The molecule has 0 spiro atoms. The summed E-state index contributed by atoms with van der Waals surface area (Å²) in [6, 6.07) is 10.6. The number of halogens is 1. The summed E-state index contributed by atoms with van der Waals surface area (Å²) < 4.78 is 27.4. The van der Waals surface area contributed by atoms with Gasteiger partial charge >= 0.3 is 0 Å². The zero-order valence-electron chi connectivity index (χ0n) is 15.5. The minimum atomic E-state index is -3.88. The number of benzene rings is 2. The number of nitro benzene ring substituents is 1. The predicted octanol–water partition coefficient (Wildman–Crippen LogP) is 4.50. The van der Waals surface area contributed by atoms with Gasteiger partial charge in [-0.25, -0.2) is 13.1 Å². The number of nitro groups is 1. The summed E-state index contributed by atoms with van der Waals surface area (Å²) in [7, 11) is -3.88. The summed E-state index contributed by atoms with van der Waals surface area (Å²) in [4.78, 5) is 10.7. The third-order valence-corrected chi connectivity index (χ3v) is 5.76. The van der Waals surface area contributed by atoms with Gasteiger partial charge in [-0.05, 0) is 51.5 Å². The maximum atomic E-state index is 12.5. The van der Waals surface area contributed by atoms with Crippen LogP contribution in [0.25, 0.3) is 0 Å². The number of rotatable bonds is 6. The number of sulfonamides is 1. The van der Waals surface area contributed by atoms with Crippen LogP contribution < -0.4 is 10.0 Å². The lowest BCUT2D eigenvalue weighted by Gasteiger charge is -2.21. The third-order valence-electron chi connectivity index (χ3n) is 3.66. The molecule has 0 heterocycles. The molecular formula is C18H22ClN3O4S. The van der Waals surface area contributed by atoms with E-state index in [9.17, 15) is 18.5 Å². The smallest absolute Gasteiger partial charge is 0.293 e. The van der Waals surface area contributed by atoms with Crippen molar-refractivity contribution in [3.63, 3.8) is 0 Å². The van der Waals surface area contributed by atoms with Gasteiger partial charge in [0.1, 0.15) is 5.69 Å². The monoisotopic (exact) mass is 411 g/mol. The first-order valence-electron chi connectivity index (χ1n) is 8.24. The summed E-state index contributed by atoms with van der Waals surface area (Å²) in [5.74, 6) is 0. The topological polar surface area (TPSA) is 101 Å². The second-order valence-electron chi connectivity index (χ2n) is 7.18. The third kappa shape index (κ3) is 5.41. The van der Waals surface area contributed by atoms with Crippen molar-refractivity contribution in [3.8, 4) is 0 Å². The molecule has 146 valence electrons. The van der Waals surface area contributed by atoms with E-state index in [1.54, 1.807) is 32.9 Å². The van der Waals surface area contributed by atoms with Crippen LogP contribution in [0.3, 0.4) is 0 Å². The first-order chi connectivity index (χ1) is 12.4. The van der Waals surface area contributed by atoms with Crippen LogP contribution in [0.1, 0.15) is 39.3 Å². The van der Waals surface area contributed by atoms with Gasteiger partial charge in [0.05, 0.1) is 15.9 Å². The highest BCUT2D eigenvalue weighted by molar-refractivity contribution is 7.89. The lowest BCUT2D eigenvalue weighted by atomic mass is 10.1. The quantitative estimate of drug-likeness (QED) is 0.538. The molecule has 0 radical (unpaired) electrons. The second-order valence-corrected chi connectivity index (χ2v) is 9.27. The maximum absolute atomic E-state index is 12.5. The van der Waals surface area contributed by atoms with Crippen molar-refractivity contribution in [2.45, 2.75) is 44.2 Å². The van der Waals surface area contributed by atoms with E-state index in [-0.39, 0.29) is 22.3 Å². The van der Waals surface area contributed by atoms with E-state index in [1.807, 2.05) is 19.1 Å². The van der Waals surface area contributed by atoms with Gasteiger partial charge in [-0.1, -0.05) is 29.8 Å². The van der Waals surface area contributed by atoms with Crippen molar-refractivity contribution in [2.24, 2.45) is 0 Å². The van der Waals surface area contributed by atoms with Crippen LogP contribution in [-0.2, 0) is 10.0 Å². The van der Waals surface area contributed by atoms with Crippen LogP contribution in [0.4, 0.5) is 11.4 Å². The van der Waals surface area contributed by atoms with E-state index in [2.05, 4.69) is 10.0 Å². The van der Waals surface area contributed by atoms with Crippen molar-refractivity contribution in [1.82, 2.24) is 4.72 Å². The van der Waals surface area contributed by atoms with E-state index < -0.39 is 20.5 Å². The molecule has 0 aliphatic carbocycles. The molecule has 1 atom stereocenters. The van der Waals surface area contributed by atoms with E-state index in [0.29, 0.717) is 5.02 Å². The Morgan fingerprint density at radius 2 is 1.78 bits per heavy atom. The molecule has 0 fully saturated rings. The molecule has 27 heavy (non-hydrogen) atoms. The van der Waals surface area contributed by atoms with Gasteiger partial charge < -0.3 is 5.32 Å². The standard InChI is InChI=1S/C18H22ClN3O4S/c1-12(14-7-5-6-8-15(14)19)20-16-10-9-13(11-17(16)22(23)24)27(25,26)21-18(2,3)4/h5-12,20-21H,1-4H3/t12-/m0/s1. The lowest BCUT2D eigenvalue weighted by molar-refractivity contribution is -0.384. The molecule has 2 N–H and O–H groups in total. The number of nitrogens with zero attached hydrogens (tertiary/aromatic N) is 1. The van der Waals surface area contributed by atoms with Gasteiger partial charge in [0.15, 0.2) is 0 Å². The van der Waals surface area contributed by atoms with Crippen molar-refractivity contribution in [2.75, 3.05) is 5.32 Å². The average molecular weight is 412 g/mol. The van der Waals surface area contributed by atoms with Crippen molar-refractivity contribution in [1.29, 1.82) is 0 Å². The summed E-state index contributed by atoms with van der Waals surface area (Å²) >= 11 is 6.17. The van der Waals surface area contributed by atoms with Gasteiger partial charge in [-0.15, -0.1) is 0 Å². The van der Waals surface area contributed by atoms with Crippen molar-refractivity contribution >= 4 is 33.0 Å². The van der Waals surface area contributed by atoms with Crippen molar-refractivity contribution < 1.29 is 13.3 Å². The summed E-state index contributed by atoms with van der Waals surface area (Å²) in [5.41, 5.74) is -0.0456. The number of hydrogen-bond acceptors (Lipinski definition) is 5. The molecule has 9 heteroatoms. The van der Waals surface area contributed by atoms with Gasteiger partial charge in [-0.2, -0.15) is 0 Å². The SMILES string of the molecule is C[C@H](Nc1ccc(S(=O)(=O)NC(C)(C)C)cc1[N+](=O)[O-])c1ccccc1Cl. The highest BCUT2D eigenvalue weighted by Gasteiger charge is 2.26. The molecule has 0 unspecified atom stereocenters. The Bertz CT molecular complexity index is 955. The zero-order valence-corrected chi connectivity index (χ0v) is 17.1. The van der Waals surface area contributed by atoms with Gasteiger partial charge in [0.25, 0.3) is 5.69 Å². The van der Waals surface area contributed by atoms with Crippen LogP contribution >= 0.6 is 11.6 Å². The molecule has 0 amide bonds. The summed E-state index contributed by atoms with van der Waals surface area (Å²) in [6.45, 7) is 6.90. The van der Waals surface area contributed by atoms with Crippen LogP contribution in [0.2, 0.25) is 5.02 Å². The maximum Gasteiger partial charge on any atom is 0.293 e. The molecule has 0 aliphatic rings. The normalized spacial score (nSPS) is 13.2. The van der Waals surface area contributed by atoms with Crippen LogP contribution in [0.5, 0.6) is 0 Å². The lowest BCUT2D eigenvalue weighted by Crippen LogP contribution is -2.40. The Kier molecular flexibility index (Phi) is 6.14. The van der Waals surface area contributed by atoms with Crippen LogP contribution in [0.15, 0.2) is 47.4 Å². The number of nitrogens with one attached hydrogen (secondary N) is 2. The molecule has 7 nitrogen and oxygen atoms in total. The van der Waals surface area contributed by atoms with E-state index >= 15 is 0 Å². The van der Waals surface area contributed by atoms with E-state index in [4.69, 9.17) is 11.6 Å². The number of anilines is 1. The Labute approximate surface area is 163 Å². The highest BCUT2D eigenvalue weighted by Crippen LogP contribution is 2.32. The fraction of sp³-hybridized carbons (Fsp3) is 0.333. The largest absolute Gasteiger partial charge is 0.373 e. The summed E-state index contributed by atoms with van der Waals surface area (Å²) in [6.07, 6.45) is 0. The fourth-order valence-corrected chi connectivity index (χ4v) is 4.29. The zero-order chi connectivity index (χ0) is 20.4.